The van der Waals surface area contributed by atoms with Crippen molar-refractivity contribution in [3.63, 3.8) is 0 Å². The van der Waals surface area contributed by atoms with E-state index >= 15 is 0 Å². The lowest BCUT2D eigenvalue weighted by atomic mass is 10.0. The van der Waals surface area contributed by atoms with Crippen LogP contribution >= 0.6 is 0 Å². The molecule has 0 spiro atoms. The first-order valence-electron chi connectivity index (χ1n) is 4.59. The highest BCUT2D eigenvalue weighted by Crippen LogP contribution is 2.22. The van der Waals surface area contributed by atoms with Gasteiger partial charge in [0.1, 0.15) is 0 Å². The zero-order valence-electron chi connectivity index (χ0n) is 7.99. The van der Waals surface area contributed by atoms with Crippen molar-refractivity contribution < 1.29 is 5.11 Å². The summed E-state index contributed by atoms with van der Waals surface area (Å²) in [4.78, 5) is 4.32. The van der Waals surface area contributed by atoms with E-state index in [0.717, 1.165) is 12.1 Å². The molecule has 0 amide bonds. The maximum absolute atomic E-state index is 9.04. The minimum Gasteiger partial charge on any atom is -0.395 e. The van der Waals surface area contributed by atoms with Crippen LogP contribution in [0.5, 0.6) is 0 Å². The summed E-state index contributed by atoms with van der Waals surface area (Å²) in [5.41, 5.74) is 2.36. The second-order valence-corrected chi connectivity index (χ2v) is 3.66. The van der Waals surface area contributed by atoms with Crippen molar-refractivity contribution in [3.05, 3.63) is 17.7 Å². The number of aryl methyl sites for hydroxylation is 1. The van der Waals surface area contributed by atoms with Crippen LogP contribution in [-0.4, -0.2) is 27.3 Å². The van der Waals surface area contributed by atoms with Gasteiger partial charge in [-0.25, -0.2) is 4.98 Å². The molecule has 0 aliphatic carbocycles. The Morgan fingerprint density at radius 2 is 2.54 bits per heavy atom. The van der Waals surface area contributed by atoms with Crippen molar-refractivity contribution >= 4 is 0 Å². The average Bonchev–Trinajstić information content (AvgIpc) is 2.48. The summed E-state index contributed by atoms with van der Waals surface area (Å²) >= 11 is 0. The van der Waals surface area contributed by atoms with Crippen LogP contribution in [-0.2, 0) is 13.5 Å². The number of aliphatic hydroxyl groups excluding tert-OH is 1. The molecule has 0 aromatic carbocycles. The second kappa shape index (κ2) is 3.12. The van der Waals surface area contributed by atoms with Crippen molar-refractivity contribution in [2.45, 2.75) is 25.4 Å². The Balaban J connectivity index is 2.33. The number of nitrogens with one attached hydrogen (secondary N) is 1. The summed E-state index contributed by atoms with van der Waals surface area (Å²) in [5, 5.41) is 12.4. The Morgan fingerprint density at radius 3 is 3.23 bits per heavy atom. The number of nitrogens with zero attached hydrogens (tertiary/aromatic N) is 2. The van der Waals surface area contributed by atoms with Crippen LogP contribution in [0.2, 0.25) is 0 Å². The SMILES string of the molecule is CC1NC(CO)Cc2ncn(C)c21. The Hall–Kier alpha value is -0.870. The second-order valence-electron chi connectivity index (χ2n) is 3.66. The molecule has 1 aliphatic rings. The van der Waals surface area contributed by atoms with Crippen molar-refractivity contribution in [1.29, 1.82) is 0 Å². The van der Waals surface area contributed by atoms with E-state index in [1.54, 1.807) is 0 Å². The van der Waals surface area contributed by atoms with Gasteiger partial charge in [0.2, 0.25) is 0 Å². The van der Waals surface area contributed by atoms with Crippen molar-refractivity contribution in [2.24, 2.45) is 7.05 Å². The third-order valence-corrected chi connectivity index (χ3v) is 2.62. The Kier molecular flexibility index (Phi) is 2.09. The van der Waals surface area contributed by atoms with E-state index in [1.807, 2.05) is 17.9 Å². The van der Waals surface area contributed by atoms with Crippen LogP contribution in [0.3, 0.4) is 0 Å². The molecule has 2 rings (SSSR count). The van der Waals surface area contributed by atoms with Gasteiger partial charge >= 0.3 is 0 Å². The quantitative estimate of drug-likeness (QED) is 0.640. The van der Waals surface area contributed by atoms with Crippen molar-refractivity contribution in [3.8, 4) is 0 Å². The molecule has 2 atom stereocenters. The maximum Gasteiger partial charge on any atom is 0.0949 e. The molecule has 0 radical (unpaired) electrons. The molecule has 4 heteroatoms. The fourth-order valence-electron chi connectivity index (χ4n) is 2.04. The van der Waals surface area contributed by atoms with Crippen LogP contribution in [0.1, 0.15) is 24.4 Å². The highest BCUT2D eigenvalue weighted by atomic mass is 16.3. The number of imidazole rings is 1. The molecule has 2 heterocycles. The number of hydrogen-bond acceptors (Lipinski definition) is 3. The third kappa shape index (κ3) is 1.36. The van der Waals surface area contributed by atoms with Gasteiger partial charge in [-0.05, 0) is 6.92 Å². The van der Waals surface area contributed by atoms with Gasteiger partial charge in [0.15, 0.2) is 0 Å². The van der Waals surface area contributed by atoms with Crippen LogP contribution in [0.25, 0.3) is 0 Å². The predicted molar refractivity (Wildman–Crippen MR) is 49.3 cm³/mol. The summed E-state index contributed by atoms with van der Waals surface area (Å²) in [7, 11) is 2.00. The topological polar surface area (TPSA) is 50.1 Å². The first-order chi connectivity index (χ1) is 6.22. The molecular weight excluding hydrogens is 166 g/mol. The molecule has 0 saturated carbocycles. The summed E-state index contributed by atoms with van der Waals surface area (Å²) in [6.07, 6.45) is 2.67. The summed E-state index contributed by atoms with van der Waals surface area (Å²) in [6.45, 7) is 2.28. The molecular formula is C9H15N3O. The Morgan fingerprint density at radius 1 is 1.77 bits per heavy atom. The van der Waals surface area contributed by atoms with E-state index < -0.39 is 0 Å². The zero-order valence-corrected chi connectivity index (χ0v) is 7.99. The number of rotatable bonds is 1. The van der Waals surface area contributed by atoms with Gasteiger partial charge in [-0.1, -0.05) is 0 Å². The molecule has 4 nitrogen and oxygen atoms in total. The van der Waals surface area contributed by atoms with E-state index in [1.165, 1.54) is 5.69 Å². The lowest BCUT2D eigenvalue weighted by Crippen LogP contribution is -2.41. The van der Waals surface area contributed by atoms with Gasteiger partial charge in [0.05, 0.1) is 24.3 Å². The van der Waals surface area contributed by atoms with Crippen LogP contribution in [0.15, 0.2) is 6.33 Å². The van der Waals surface area contributed by atoms with Gasteiger partial charge in [-0.15, -0.1) is 0 Å². The maximum atomic E-state index is 9.04. The van der Waals surface area contributed by atoms with E-state index in [2.05, 4.69) is 17.2 Å². The normalized spacial score (nSPS) is 27.3. The number of fused-ring (bicyclic) bond motifs is 1. The Bertz CT molecular complexity index is 308. The first-order valence-corrected chi connectivity index (χ1v) is 4.59. The van der Waals surface area contributed by atoms with Crippen LogP contribution < -0.4 is 5.32 Å². The minimum atomic E-state index is 0.164. The molecule has 2 unspecified atom stereocenters. The lowest BCUT2D eigenvalue weighted by Gasteiger charge is -2.27. The smallest absolute Gasteiger partial charge is 0.0949 e. The molecule has 1 aliphatic heterocycles. The molecule has 2 N–H and O–H groups in total. The molecule has 13 heavy (non-hydrogen) atoms. The fraction of sp³-hybridized carbons (Fsp3) is 0.667. The largest absolute Gasteiger partial charge is 0.395 e. The number of aromatic nitrogens is 2. The summed E-state index contributed by atoms with van der Waals surface area (Å²) in [5.74, 6) is 0. The van der Waals surface area contributed by atoms with Crippen LogP contribution in [0, 0.1) is 0 Å². The highest BCUT2D eigenvalue weighted by molar-refractivity contribution is 5.21. The third-order valence-electron chi connectivity index (χ3n) is 2.62. The fourth-order valence-corrected chi connectivity index (χ4v) is 2.04. The lowest BCUT2D eigenvalue weighted by molar-refractivity contribution is 0.223. The molecule has 0 saturated heterocycles. The molecule has 1 aromatic rings. The molecule has 1 aromatic heterocycles. The van der Waals surface area contributed by atoms with Crippen LogP contribution in [0.4, 0.5) is 0 Å². The van der Waals surface area contributed by atoms with E-state index in [4.69, 9.17) is 5.11 Å². The van der Waals surface area contributed by atoms with Gasteiger partial charge in [-0.3, -0.25) is 0 Å². The highest BCUT2D eigenvalue weighted by Gasteiger charge is 2.25. The molecule has 0 fully saturated rings. The molecule has 0 bridgehead atoms. The average molecular weight is 181 g/mol. The first kappa shape index (κ1) is 8.72. The standard InChI is InChI=1S/C9H15N3O/c1-6-9-8(10-5-12(9)2)3-7(4-13)11-6/h5-7,11,13H,3-4H2,1-2H3. The van der Waals surface area contributed by atoms with Crippen molar-refractivity contribution in [2.75, 3.05) is 6.61 Å². The zero-order chi connectivity index (χ0) is 9.42. The van der Waals surface area contributed by atoms with E-state index in [9.17, 15) is 0 Å². The number of hydrogen-bond donors (Lipinski definition) is 2. The minimum absolute atomic E-state index is 0.164. The monoisotopic (exact) mass is 181 g/mol. The van der Waals surface area contributed by atoms with E-state index in [-0.39, 0.29) is 18.7 Å². The summed E-state index contributed by atoms with van der Waals surface area (Å²) < 4.78 is 2.04. The van der Waals surface area contributed by atoms with Gasteiger partial charge in [0, 0.05) is 25.6 Å². The van der Waals surface area contributed by atoms with Gasteiger partial charge < -0.3 is 15.0 Å². The Labute approximate surface area is 77.6 Å². The van der Waals surface area contributed by atoms with Crippen molar-refractivity contribution in [1.82, 2.24) is 14.9 Å². The van der Waals surface area contributed by atoms with Gasteiger partial charge in [-0.2, -0.15) is 0 Å². The summed E-state index contributed by atoms with van der Waals surface area (Å²) in [6, 6.07) is 0.450. The predicted octanol–water partition coefficient (Wildman–Crippen LogP) is -0.0123. The van der Waals surface area contributed by atoms with E-state index in [0.29, 0.717) is 0 Å². The number of aliphatic hydroxyl groups is 1. The molecule has 72 valence electrons. The van der Waals surface area contributed by atoms with Gasteiger partial charge in [0.25, 0.3) is 0 Å².